The molecule has 146 valence electrons. The molecule has 0 bridgehead atoms. The molecule has 1 aromatic heterocycles. The first-order valence-electron chi connectivity index (χ1n) is 9.14. The maximum absolute atomic E-state index is 13.3. The van der Waals surface area contributed by atoms with Gasteiger partial charge in [-0.1, -0.05) is 31.2 Å². The second-order valence-corrected chi connectivity index (χ2v) is 9.05. The Labute approximate surface area is 167 Å². The topological polar surface area (TPSA) is 92.3 Å². The van der Waals surface area contributed by atoms with Crippen molar-refractivity contribution in [3.05, 3.63) is 48.0 Å². The van der Waals surface area contributed by atoms with Crippen molar-refractivity contribution in [2.75, 3.05) is 11.9 Å². The molecule has 1 fully saturated rings. The SMILES string of the molecule is CCc1ccccc1NC(=O)C1CCCN1S(=O)(=O)c1cccc2nsnc12. The summed E-state index contributed by atoms with van der Waals surface area (Å²) in [6.07, 6.45) is 1.91. The average molecular weight is 417 g/mol. The number of nitrogens with zero attached hydrogens (tertiary/aromatic N) is 3. The maximum atomic E-state index is 13.3. The quantitative estimate of drug-likeness (QED) is 0.690. The van der Waals surface area contributed by atoms with E-state index in [0.717, 1.165) is 29.4 Å². The monoisotopic (exact) mass is 416 g/mol. The van der Waals surface area contributed by atoms with E-state index >= 15 is 0 Å². The van der Waals surface area contributed by atoms with Gasteiger partial charge in [-0.3, -0.25) is 4.79 Å². The van der Waals surface area contributed by atoms with E-state index in [0.29, 0.717) is 30.4 Å². The van der Waals surface area contributed by atoms with Crippen LogP contribution in [0.15, 0.2) is 47.4 Å². The minimum atomic E-state index is -3.86. The lowest BCUT2D eigenvalue weighted by Gasteiger charge is -2.24. The Balaban J connectivity index is 1.64. The van der Waals surface area contributed by atoms with Crippen molar-refractivity contribution < 1.29 is 13.2 Å². The molecule has 7 nitrogen and oxygen atoms in total. The third kappa shape index (κ3) is 3.30. The smallest absolute Gasteiger partial charge is 0.246 e. The molecule has 4 rings (SSSR count). The molecule has 0 aliphatic carbocycles. The molecule has 1 aliphatic rings. The third-order valence-corrected chi connectivity index (χ3v) is 7.48. The number of amides is 1. The number of nitrogens with one attached hydrogen (secondary N) is 1. The van der Waals surface area contributed by atoms with E-state index in [1.807, 2.05) is 31.2 Å². The Morgan fingerprint density at radius 1 is 1.21 bits per heavy atom. The van der Waals surface area contributed by atoms with Gasteiger partial charge in [0.25, 0.3) is 0 Å². The number of rotatable bonds is 5. The van der Waals surface area contributed by atoms with Crippen LogP contribution >= 0.6 is 11.7 Å². The van der Waals surface area contributed by atoms with E-state index in [9.17, 15) is 13.2 Å². The number of carbonyl (C=O) groups is 1. The fourth-order valence-electron chi connectivity index (χ4n) is 3.57. The molecule has 0 radical (unpaired) electrons. The summed E-state index contributed by atoms with van der Waals surface area (Å²) in [7, 11) is -3.86. The molecule has 1 amide bonds. The molecule has 1 atom stereocenters. The number of aromatic nitrogens is 2. The Bertz CT molecular complexity index is 1130. The fourth-order valence-corrected chi connectivity index (χ4v) is 5.98. The lowest BCUT2D eigenvalue weighted by molar-refractivity contribution is -0.119. The van der Waals surface area contributed by atoms with Gasteiger partial charge in [-0.15, -0.1) is 0 Å². The van der Waals surface area contributed by atoms with Gasteiger partial charge in [0, 0.05) is 12.2 Å². The van der Waals surface area contributed by atoms with Crippen molar-refractivity contribution in [1.82, 2.24) is 13.1 Å². The summed E-state index contributed by atoms with van der Waals surface area (Å²) in [5.41, 5.74) is 2.64. The zero-order valence-corrected chi connectivity index (χ0v) is 17.0. The second kappa shape index (κ2) is 7.57. The number of carbonyl (C=O) groups excluding carboxylic acids is 1. The normalized spacial score (nSPS) is 17.8. The highest BCUT2D eigenvalue weighted by molar-refractivity contribution is 7.89. The van der Waals surface area contributed by atoms with Gasteiger partial charge in [0.1, 0.15) is 22.0 Å². The highest BCUT2D eigenvalue weighted by Gasteiger charge is 2.40. The number of sulfonamides is 1. The molecular formula is C19H20N4O3S2. The van der Waals surface area contributed by atoms with Crippen LogP contribution in [0, 0.1) is 0 Å². The van der Waals surface area contributed by atoms with Crippen LogP contribution < -0.4 is 5.32 Å². The number of para-hydroxylation sites is 1. The van der Waals surface area contributed by atoms with Crippen molar-refractivity contribution >= 4 is 44.4 Å². The van der Waals surface area contributed by atoms with Gasteiger partial charge in [-0.25, -0.2) is 8.42 Å². The molecule has 0 saturated carbocycles. The molecule has 3 aromatic rings. The average Bonchev–Trinajstić information content (AvgIpc) is 3.37. The zero-order chi connectivity index (χ0) is 19.7. The molecular weight excluding hydrogens is 396 g/mol. The van der Waals surface area contributed by atoms with Crippen molar-refractivity contribution in [3.63, 3.8) is 0 Å². The van der Waals surface area contributed by atoms with E-state index in [-0.39, 0.29) is 10.8 Å². The van der Waals surface area contributed by atoms with Crippen LogP contribution in [0.5, 0.6) is 0 Å². The number of hydrogen-bond acceptors (Lipinski definition) is 6. The van der Waals surface area contributed by atoms with Crippen molar-refractivity contribution in [1.29, 1.82) is 0 Å². The minimum Gasteiger partial charge on any atom is -0.324 e. The highest BCUT2D eigenvalue weighted by atomic mass is 32.2. The van der Waals surface area contributed by atoms with Gasteiger partial charge in [0.15, 0.2) is 0 Å². The lowest BCUT2D eigenvalue weighted by Crippen LogP contribution is -2.43. The summed E-state index contributed by atoms with van der Waals surface area (Å²) in [5.74, 6) is -0.300. The first-order chi connectivity index (χ1) is 13.5. The Kier molecular flexibility index (Phi) is 5.13. The molecule has 1 N–H and O–H groups in total. The fraction of sp³-hybridized carbons (Fsp3) is 0.316. The van der Waals surface area contributed by atoms with Crippen LogP contribution in [0.25, 0.3) is 11.0 Å². The Morgan fingerprint density at radius 3 is 2.86 bits per heavy atom. The summed E-state index contributed by atoms with van der Waals surface area (Å²) in [6.45, 7) is 2.32. The predicted octanol–water partition coefficient (Wildman–Crippen LogP) is 3.05. The minimum absolute atomic E-state index is 0.104. The number of benzene rings is 2. The van der Waals surface area contributed by atoms with Gasteiger partial charge in [0.05, 0.1) is 11.7 Å². The molecule has 2 heterocycles. The van der Waals surface area contributed by atoms with Crippen molar-refractivity contribution in [2.45, 2.75) is 37.1 Å². The Morgan fingerprint density at radius 2 is 2.04 bits per heavy atom. The predicted molar refractivity (Wildman–Crippen MR) is 109 cm³/mol. The van der Waals surface area contributed by atoms with Gasteiger partial charge < -0.3 is 5.32 Å². The van der Waals surface area contributed by atoms with Gasteiger partial charge in [-0.2, -0.15) is 13.1 Å². The third-order valence-electron chi connectivity index (χ3n) is 5.00. The molecule has 1 saturated heterocycles. The van der Waals surface area contributed by atoms with Crippen LogP contribution in [-0.4, -0.2) is 40.0 Å². The first-order valence-corrected chi connectivity index (χ1v) is 11.3. The van der Waals surface area contributed by atoms with Crippen molar-refractivity contribution in [2.24, 2.45) is 0 Å². The molecule has 1 aliphatic heterocycles. The van der Waals surface area contributed by atoms with E-state index in [1.54, 1.807) is 12.1 Å². The largest absolute Gasteiger partial charge is 0.324 e. The van der Waals surface area contributed by atoms with Crippen LogP contribution in [0.3, 0.4) is 0 Å². The lowest BCUT2D eigenvalue weighted by atomic mass is 10.1. The van der Waals surface area contributed by atoms with E-state index in [1.165, 1.54) is 10.4 Å². The number of aryl methyl sites for hydroxylation is 1. The van der Waals surface area contributed by atoms with Crippen LogP contribution in [0.2, 0.25) is 0 Å². The summed E-state index contributed by atoms with van der Waals surface area (Å²) in [5, 5.41) is 2.92. The highest BCUT2D eigenvalue weighted by Crippen LogP contribution is 2.30. The van der Waals surface area contributed by atoms with Gasteiger partial charge in [0.2, 0.25) is 15.9 Å². The number of hydrogen-bond donors (Lipinski definition) is 1. The van der Waals surface area contributed by atoms with Crippen molar-refractivity contribution in [3.8, 4) is 0 Å². The number of fused-ring (bicyclic) bond motifs is 1. The zero-order valence-electron chi connectivity index (χ0n) is 15.3. The summed E-state index contributed by atoms with van der Waals surface area (Å²) in [6, 6.07) is 11.7. The standard InChI is InChI=1S/C19H20N4O3S2/c1-2-13-7-3-4-8-14(13)20-19(24)16-10-6-12-23(16)28(25,26)17-11-5-9-15-18(17)22-27-21-15/h3-5,7-9,11,16H,2,6,10,12H2,1H3,(H,20,24). The van der Waals surface area contributed by atoms with Crippen LogP contribution in [0.4, 0.5) is 5.69 Å². The van der Waals surface area contributed by atoms with E-state index in [2.05, 4.69) is 14.1 Å². The van der Waals surface area contributed by atoms with Crippen LogP contribution in [0.1, 0.15) is 25.3 Å². The summed E-state index contributed by atoms with van der Waals surface area (Å²) in [4.78, 5) is 13.0. The molecule has 28 heavy (non-hydrogen) atoms. The van der Waals surface area contributed by atoms with Gasteiger partial charge >= 0.3 is 0 Å². The number of anilines is 1. The van der Waals surface area contributed by atoms with E-state index in [4.69, 9.17) is 0 Å². The molecule has 0 spiro atoms. The van der Waals surface area contributed by atoms with Crippen LogP contribution in [-0.2, 0) is 21.2 Å². The molecule has 1 unspecified atom stereocenters. The maximum Gasteiger partial charge on any atom is 0.246 e. The second-order valence-electron chi connectivity index (χ2n) is 6.66. The van der Waals surface area contributed by atoms with E-state index < -0.39 is 16.1 Å². The summed E-state index contributed by atoms with van der Waals surface area (Å²) >= 11 is 0.976. The van der Waals surface area contributed by atoms with Gasteiger partial charge in [-0.05, 0) is 43.0 Å². The first kappa shape index (κ1) is 19.0. The Hall–Kier alpha value is -2.36. The molecule has 2 aromatic carbocycles. The molecule has 9 heteroatoms. The summed E-state index contributed by atoms with van der Waals surface area (Å²) < 4.78 is 36.2.